The molecule has 0 spiro atoms. The van der Waals surface area contributed by atoms with E-state index < -0.39 is 17.7 Å². The molecule has 4 rings (SSSR count). The van der Waals surface area contributed by atoms with Crippen LogP contribution < -0.4 is 14.5 Å². The van der Waals surface area contributed by atoms with Crippen LogP contribution in [0.1, 0.15) is 34.6 Å². The Hall–Kier alpha value is -3.75. The molecule has 0 bridgehead atoms. The molecule has 1 aromatic heterocycles. The molecule has 0 saturated heterocycles. The molecule has 1 aliphatic rings. The maximum absolute atomic E-state index is 14.1. The van der Waals surface area contributed by atoms with Crippen LogP contribution in [0, 0.1) is 17.0 Å². The molecule has 0 saturated carbocycles. The van der Waals surface area contributed by atoms with Gasteiger partial charge in [-0.15, -0.1) is 0 Å². The summed E-state index contributed by atoms with van der Waals surface area (Å²) in [6, 6.07) is 7.84. The number of aromatic nitrogens is 2. The van der Waals surface area contributed by atoms with Crippen LogP contribution in [0.3, 0.4) is 0 Å². The second-order valence-electron chi connectivity index (χ2n) is 9.98. The summed E-state index contributed by atoms with van der Waals surface area (Å²) >= 11 is 0. The highest BCUT2D eigenvalue weighted by molar-refractivity contribution is 6.03. The third-order valence-corrected chi connectivity index (χ3v) is 5.67. The Kier molecular flexibility index (Phi) is 6.36. The summed E-state index contributed by atoms with van der Waals surface area (Å²) in [6.45, 7) is 10.5. The van der Waals surface area contributed by atoms with Crippen LogP contribution in [0.25, 0.3) is 11.1 Å². The van der Waals surface area contributed by atoms with Gasteiger partial charge in [0, 0.05) is 37.8 Å². The van der Waals surface area contributed by atoms with Crippen molar-refractivity contribution >= 4 is 23.4 Å². The van der Waals surface area contributed by atoms with Gasteiger partial charge in [0.2, 0.25) is 5.91 Å². The Labute approximate surface area is 202 Å². The van der Waals surface area contributed by atoms with Crippen LogP contribution in [0.5, 0.6) is 5.75 Å². The van der Waals surface area contributed by atoms with E-state index in [1.165, 1.54) is 11.8 Å². The largest absolute Gasteiger partial charge is 0.419 e. The van der Waals surface area contributed by atoms with E-state index in [0.717, 1.165) is 29.8 Å². The van der Waals surface area contributed by atoms with Gasteiger partial charge >= 0.3 is 6.09 Å². The van der Waals surface area contributed by atoms with Crippen molar-refractivity contribution in [3.63, 3.8) is 0 Å². The number of carbonyl (C=O) groups is 2. The second-order valence-corrected chi connectivity index (χ2v) is 9.98. The standard InChI is InChI=1S/C26H28F2N4O3/c1-16-13-31(25(34)35-24-9-7-20(27)11-21(24)28)23-10-18(6-8-22(23)32(16)17(2)33)19-12-29-30(14-19)15-26(3,4)5/h6-12,14,16H,13,15H2,1-5H3/t16-/m0/s1. The van der Waals surface area contributed by atoms with Crippen molar-refractivity contribution in [2.45, 2.75) is 47.2 Å². The van der Waals surface area contributed by atoms with Gasteiger partial charge in [0.25, 0.3) is 0 Å². The Morgan fingerprint density at radius 1 is 1.09 bits per heavy atom. The first kappa shape index (κ1) is 24.4. The van der Waals surface area contributed by atoms with E-state index in [-0.39, 0.29) is 29.7 Å². The van der Waals surface area contributed by atoms with Crippen LogP contribution in [0.2, 0.25) is 0 Å². The Bertz CT molecular complexity index is 1280. The van der Waals surface area contributed by atoms with Crippen LogP contribution in [0.4, 0.5) is 25.0 Å². The molecule has 0 radical (unpaired) electrons. The van der Waals surface area contributed by atoms with Gasteiger partial charge in [0.15, 0.2) is 11.6 Å². The van der Waals surface area contributed by atoms with Gasteiger partial charge in [0.1, 0.15) is 5.82 Å². The van der Waals surface area contributed by atoms with Gasteiger partial charge in [-0.05, 0) is 42.2 Å². The number of anilines is 2. The minimum atomic E-state index is -0.978. The molecule has 1 atom stereocenters. The molecule has 0 fully saturated rings. The number of benzene rings is 2. The lowest BCUT2D eigenvalue weighted by atomic mass is 9.97. The monoisotopic (exact) mass is 482 g/mol. The molecular weight excluding hydrogens is 454 g/mol. The number of hydrogen-bond acceptors (Lipinski definition) is 4. The summed E-state index contributed by atoms with van der Waals surface area (Å²) < 4.78 is 34.5. The molecule has 2 amide bonds. The first-order valence-corrected chi connectivity index (χ1v) is 11.3. The maximum atomic E-state index is 14.1. The minimum absolute atomic E-state index is 0.0491. The summed E-state index contributed by atoms with van der Waals surface area (Å²) in [5.74, 6) is -2.29. The van der Waals surface area contributed by atoms with E-state index in [1.807, 2.05) is 23.9 Å². The van der Waals surface area contributed by atoms with Gasteiger partial charge in [-0.25, -0.2) is 13.6 Å². The summed E-state index contributed by atoms with van der Waals surface area (Å²) in [7, 11) is 0. The average molecular weight is 483 g/mol. The molecule has 2 aromatic carbocycles. The highest BCUT2D eigenvalue weighted by atomic mass is 19.1. The van der Waals surface area contributed by atoms with Gasteiger partial charge < -0.3 is 9.64 Å². The minimum Gasteiger partial charge on any atom is -0.407 e. The van der Waals surface area contributed by atoms with Crippen LogP contribution in [0.15, 0.2) is 48.8 Å². The quantitative estimate of drug-likeness (QED) is 0.485. The van der Waals surface area contributed by atoms with Crippen molar-refractivity contribution in [1.82, 2.24) is 9.78 Å². The first-order valence-electron chi connectivity index (χ1n) is 11.3. The number of carbonyl (C=O) groups excluding carboxylic acids is 2. The van der Waals surface area contributed by atoms with Gasteiger partial charge in [-0.3, -0.25) is 14.4 Å². The van der Waals surface area contributed by atoms with Crippen molar-refractivity contribution in [3.8, 4) is 16.9 Å². The number of fused-ring (bicyclic) bond motifs is 1. The zero-order chi connectivity index (χ0) is 25.5. The summed E-state index contributed by atoms with van der Waals surface area (Å²) in [6.07, 6.45) is 2.85. The topological polar surface area (TPSA) is 67.7 Å². The van der Waals surface area contributed by atoms with Crippen molar-refractivity contribution < 1.29 is 23.1 Å². The van der Waals surface area contributed by atoms with Crippen molar-refractivity contribution in [2.24, 2.45) is 5.41 Å². The lowest BCUT2D eigenvalue weighted by Crippen LogP contribution is -2.52. The number of amides is 2. The second kappa shape index (κ2) is 9.13. The Balaban J connectivity index is 1.72. The SMILES string of the molecule is CC(=O)N1c2ccc(-c3cnn(CC(C)(C)C)c3)cc2N(C(=O)Oc2ccc(F)cc2F)C[C@@H]1C. The number of ether oxygens (including phenoxy) is 1. The normalized spacial score (nSPS) is 15.7. The van der Waals surface area contributed by atoms with Crippen LogP contribution in [-0.2, 0) is 11.3 Å². The summed E-state index contributed by atoms with van der Waals surface area (Å²) in [4.78, 5) is 28.5. The number of halogens is 2. The van der Waals surface area contributed by atoms with E-state index in [1.54, 1.807) is 23.2 Å². The fraction of sp³-hybridized carbons (Fsp3) is 0.346. The molecule has 184 valence electrons. The molecule has 2 heterocycles. The van der Waals surface area contributed by atoms with Gasteiger partial charge in [0.05, 0.1) is 23.6 Å². The van der Waals surface area contributed by atoms with E-state index in [2.05, 4.69) is 25.9 Å². The summed E-state index contributed by atoms with van der Waals surface area (Å²) in [5, 5.41) is 4.45. The Morgan fingerprint density at radius 2 is 1.83 bits per heavy atom. The fourth-order valence-electron chi connectivity index (χ4n) is 4.25. The first-order chi connectivity index (χ1) is 16.4. The molecule has 0 aliphatic carbocycles. The fourth-order valence-corrected chi connectivity index (χ4v) is 4.25. The molecule has 3 aromatic rings. The smallest absolute Gasteiger partial charge is 0.407 e. The zero-order valence-corrected chi connectivity index (χ0v) is 20.4. The van der Waals surface area contributed by atoms with Crippen molar-refractivity contribution in [1.29, 1.82) is 0 Å². The summed E-state index contributed by atoms with van der Waals surface area (Å²) in [5.41, 5.74) is 2.69. The van der Waals surface area contributed by atoms with Crippen LogP contribution >= 0.6 is 0 Å². The number of rotatable bonds is 3. The van der Waals surface area contributed by atoms with E-state index in [9.17, 15) is 18.4 Å². The molecule has 35 heavy (non-hydrogen) atoms. The third kappa shape index (κ3) is 5.18. The van der Waals surface area contributed by atoms with E-state index in [4.69, 9.17) is 4.74 Å². The third-order valence-electron chi connectivity index (χ3n) is 5.67. The number of nitrogens with zero attached hydrogens (tertiary/aromatic N) is 4. The van der Waals surface area contributed by atoms with Gasteiger partial charge in [-0.2, -0.15) is 5.10 Å². The van der Waals surface area contributed by atoms with Crippen molar-refractivity contribution in [2.75, 3.05) is 16.3 Å². The Morgan fingerprint density at radius 3 is 2.49 bits per heavy atom. The number of hydrogen-bond donors (Lipinski definition) is 0. The highest BCUT2D eigenvalue weighted by Gasteiger charge is 2.35. The maximum Gasteiger partial charge on any atom is 0.419 e. The highest BCUT2D eigenvalue weighted by Crippen LogP contribution is 2.39. The molecule has 9 heteroatoms. The molecule has 0 N–H and O–H groups in total. The predicted molar refractivity (Wildman–Crippen MR) is 129 cm³/mol. The molecule has 0 unspecified atom stereocenters. The molecule has 1 aliphatic heterocycles. The molecular formula is C26H28F2N4O3. The predicted octanol–water partition coefficient (Wildman–Crippen LogP) is 5.63. The molecule has 7 nitrogen and oxygen atoms in total. The van der Waals surface area contributed by atoms with E-state index in [0.29, 0.717) is 17.4 Å². The van der Waals surface area contributed by atoms with E-state index >= 15 is 0 Å². The van der Waals surface area contributed by atoms with Crippen molar-refractivity contribution in [3.05, 3.63) is 60.4 Å². The van der Waals surface area contributed by atoms with Crippen LogP contribution in [-0.4, -0.2) is 34.4 Å². The lowest BCUT2D eigenvalue weighted by Gasteiger charge is -2.40. The van der Waals surface area contributed by atoms with Gasteiger partial charge in [-0.1, -0.05) is 26.8 Å². The lowest BCUT2D eigenvalue weighted by molar-refractivity contribution is -0.117. The average Bonchev–Trinajstić information content (AvgIpc) is 3.21. The zero-order valence-electron chi connectivity index (χ0n) is 20.4.